The molecule has 2 aromatic rings. The number of aromatic nitrogens is 1. The number of benzene rings is 1. The molecule has 0 bridgehead atoms. The van der Waals surface area contributed by atoms with E-state index >= 15 is 0 Å². The summed E-state index contributed by atoms with van der Waals surface area (Å²) in [5.74, 6) is -0.260. The molecule has 2 heterocycles. The summed E-state index contributed by atoms with van der Waals surface area (Å²) in [6, 6.07) is 12.6. The molecule has 1 aromatic carbocycles. The minimum atomic E-state index is -0.630. The van der Waals surface area contributed by atoms with Gasteiger partial charge in [-0.2, -0.15) is 0 Å². The molecule has 3 rings (SSSR count). The predicted octanol–water partition coefficient (Wildman–Crippen LogP) is 0.688. The molecule has 0 spiro atoms. The Kier molecular flexibility index (Phi) is 6.19. The summed E-state index contributed by atoms with van der Waals surface area (Å²) >= 11 is 0. The number of hydrogen-bond acceptors (Lipinski definition) is 3. The van der Waals surface area contributed by atoms with Crippen LogP contribution in [0.5, 0.6) is 0 Å². The third-order valence-electron chi connectivity index (χ3n) is 4.97. The van der Waals surface area contributed by atoms with Crippen LogP contribution in [0.15, 0.2) is 54.9 Å². The molecule has 6 nitrogen and oxygen atoms in total. The van der Waals surface area contributed by atoms with Gasteiger partial charge in [0.15, 0.2) is 12.4 Å². The van der Waals surface area contributed by atoms with E-state index < -0.39 is 12.1 Å². The van der Waals surface area contributed by atoms with Crippen LogP contribution in [0, 0.1) is 0 Å². The Morgan fingerprint density at radius 3 is 2.59 bits per heavy atom. The van der Waals surface area contributed by atoms with Crippen LogP contribution in [-0.4, -0.2) is 35.3 Å². The number of nitrogens with zero attached hydrogens (tertiary/aromatic N) is 2. The van der Waals surface area contributed by atoms with E-state index in [1.54, 1.807) is 4.90 Å². The Hall–Kier alpha value is -2.73. The lowest BCUT2D eigenvalue weighted by Gasteiger charge is -2.26. The summed E-state index contributed by atoms with van der Waals surface area (Å²) in [6.07, 6.45) is 5.86. The van der Waals surface area contributed by atoms with Gasteiger partial charge in [-0.3, -0.25) is 9.59 Å². The minimum Gasteiger partial charge on any atom is -0.350 e. The number of carbonyl (C=O) groups is 2. The maximum absolute atomic E-state index is 12.8. The average Bonchev–Trinajstić information content (AvgIpc) is 3.17. The summed E-state index contributed by atoms with van der Waals surface area (Å²) < 4.78 is 1.94. The van der Waals surface area contributed by atoms with Crippen molar-refractivity contribution >= 4 is 11.8 Å². The highest BCUT2D eigenvalue weighted by molar-refractivity contribution is 5.90. The molecule has 2 atom stereocenters. The Morgan fingerprint density at radius 2 is 1.89 bits per heavy atom. The fourth-order valence-electron chi connectivity index (χ4n) is 3.43. The van der Waals surface area contributed by atoms with E-state index in [2.05, 4.69) is 5.32 Å². The Labute approximate surface area is 160 Å². The molecular weight excluding hydrogens is 340 g/mol. The van der Waals surface area contributed by atoms with E-state index in [4.69, 9.17) is 5.73 Å². The number of rotatable bonds is 6. The third-order valence-corrected chi connectivity index (χ3v) is 4.97. The first kappa shape index (κ1) is 19.0. The number of carbonyl (C=O) groups excluding carboxylic acids is 2. The van der Waals surface area contributed by atoms with Gasteiger partial charge in [-0.15, -0.1) is 0 Å². The van der Waals surface area contributed by atoms with Crippen molar-refractivity contribution in [3.8, 4) is 0 Å². The van der Waals surface area contributed by atoms with E-state index in [-0.39, 0.29) is 11.8 Å². The van der Waals surface area contributed by atoms with E-state index in [0.29, 0.717) is 25.9 Å². The van der Waals surface area contributed by atoms with Crippen LogP contribution in [-0.2, 0) is 29.6 Å². The summed E-state index contributed by atoms with van der Waals surface area (Å²) in [5.41, 5.74) is 8.20. The Bertz CT molecular complexity index is 777. The molecule has 27 heavy (non-hydrogen) atoms. The van der Waals surface area contributed by atoms with Crippen LogP contribution >= 0.6 is 0 Å². The van der Waals surface area contributed by atoms with Crippen molar-refractivity contribution < 1.29 is 14.2 Å². The molecule has 6 heteroatoms. The molecule has 0 saturated carbocycles. The fourth-order valence-corrected chi connectivity index (χ4v) is 3.43. The van der Waals surface area contributed by atoms with Crippen molar-refractivity contribution in [2.75, 3.05) is 6.54 Å². The first-order chi connectivity index (χ1) is 13.0. The Morgan fingerprint density at radius 1 is 1.19 bits per heavy atom. The monoisotopic (exact) mass is 367 g/mol. The molecule has 0 aliphatic carbocycles. The highest BCUT2D eigenvalue weighted by Crippen LogP contribution is 2.19. The van der Waals surface area contributed by atoms with Crippen LogP contribution < -0.4 is 15.6 Å². The molecule has 2 amide bonds. The number of hydrogen-bond donors (Lipinski definition) is 2. The average molecular weight is 367 g/mol. The molecule has 1 aliphatic rings. The van der Waals surface area contributed by atoms with Crippen LogP contribution in [0.1, 0.15) is 24.0 Å². The molecule has 142 valence electrons. The van der Waals surface area contributed by atoms with Gasteiger partial charge in [0.25, 0.3) is 0 Å². The maximum Gasteiger partial charge on any atom is 0.243 e. The zero-order valence-electron chi connectivity index (χ0n) is 15.7. The standard InChI is InChI=1S/C21H26N4O2/c1-24-12-9-17(10-13-24)15-23-20(26)19-8-5-11-25(19)21(27)18(22)14-16-6-3-2-4-7-16/h2-4,6-7,9-10,12-13,18-19H,5,8,11,14-15,22H2,1H3/p+1/t18-,19+/m1/s1. The van der Waals surface area contributed by atoms with Crippen molar-refractivity contribution in [2.24, 2.45) is 12.8 Å². The molecule has 1 aromatic heterocycles. The van der Waals surface area contributed by atoms with Gasteiger partial charge in [0.1, 0.15) is 13.1 Å². The largest absolute Gasteiger partial charge is 0.350 e. The van der Waals surface area contributed by atoms with E-state index in [0.717, 1.165) is 17.5 Å². The quantitative estimate of drug-likeness (QED) is 0.737. The van der Waals surface area contributed by atoms with Gasteiger partial charge in [0.05, 0.1) is 6.04 Å². The second kappa shape index (κ2) is 8.77. The minimum absolute atomic E-state index is 0.110. The highest BCUT2D eigenvalue weighted by Gasteiger charge is 2.35. The summed E-state index contributed by atoms with van der Waals surface area (Å²) in [4.78, 5) is 27.1. The van der Waals surface area contributed by atoms with Gasteiger partial charge in [-0.1, -0.05) is 30.3 Å². The van der Waals surface area contributed by atoms with Crippen molar-refractivity contribution in [1.82, 2.24) is 10.2 Å². The normalized spacial score (nSPS) is 17.6. The summed E-state index contributed by atoms with van der Waals surface area (Å²) in [5, 5.41) is 2.95. The lowest BCUT2D eigenvalue weighted by molar-refractivity contribution is -0.671. The van der Waals surface area contributed by atoms with Crippen molar-refractivity contribution in [2.45, 2.75) is 37.9 Å². The fraction of sp³-hybridized carbons (Fsp3) is 0.381. The molecule has 1 saturated heterocycles. The van der Waals surface area contributed by atoms with Crippen LogP contribution in [0.4, 0.5) is 0 Å². The SMILES string of the molecule is C[n+]1ccc(CNC(=O)[C@@H]2CCCN2C(=O)[C@H](N)Cc2ccccc2)cc1. The van der Waals surface area contributed by atoms with Gasteiger partial charge >= 0.3 is 0 Å². The van der Waals surface area contributed by atoms with E-state index in [1.807, 2.05) is 66.5 Å². The number of nitrogens with one attached hydrogen (secondary N) is 1. The first-order valence-electron chi connectivity index (χ1n) is 9.36. The van der Waals surface area contributed by atoms with E-state index in [1.165, 1.54) is 0 Å². The molecule has 0 unspecified atom stereocenters. The van der Waals surface area contributed by atoms with Crippen molar-refractivity contribution in [3.63, 3.8) is 0 Å². The molecule has 3 N–H and O–H groups in total. The highest BCUT2D eigenvalue weighted by atomic mass is 16.2. The molecule has 1 fully saturated rings. The van der Waals surface area contributed by atoms with Crippen molar-refractivity contribution in [1.29, 1.82) is 0 Å². The van der Waals surface area contributed by atoms with Crippen LogP contribution in [0.2, 0.25) is 0 Å². The van der Waals surface area contributed by atoms with Crippen LogP contribution in [0.25, 0.3) is 0 Å². The zero-order valence-corrected chi connectivity index (χ0v) is 15.7. The molecule has 0 radical (unpaired) electrons. The van der Waals surface area contributed by atoms with Gasteiger partial charge in [-0.05, 0) is 30.4 Å². The maximum atomic E-state index is 12.8. The number of nitrogens with two attached hydrogens (primary N) is 1. The predicted molar refractivity (Wildman–Crippen MR) is 102 cm³/mol. The van der Waals surface area contributed by atoms with Gasteiger partial charge in [-0.25, -0.2) is 4.57 Å². The van der Waals surface area contributed by atoms with Gasteiger partial charge in [0, 0.05) is 25.2 Å². The molecular formula is C21H27N4O2+. The van der Waals surface area contributed by atoms with Crippen molar-refractivity contribution in [3.05, 3.63) is 66.0 Å². The number of aryl methyl sites for hydroxylation is 1. The Balaban J connectivity index is 1.57. The van der Waals surface area contributed by atoms with E-state index in [9.17, 15) is 9.59 Å². The lowest BCUT2D eigenvalue weighted by Crippen LogP contribution is -2.51. The van der Waals surface area contributed by atoms with Crippen LogP contribution in [0.3, 0.4) is 0 Å². The third kappa shape index (κ3) is 4.92. The summed E-state index contributed by atoms with van der Waals surface area (Å²) in [7, 11) is 1.95. The number of amides is 2. The second-order valence-electron chi connectivity index (χ2n) is 7.08. The topological polar surface area (TPSA) is 79.3 Å². The second-order valence-corrected chi connectivity index (χ2v) is 7.08. The number of likely N-dealkylation sites (tertiary alicyclic amines) is 1. The smallest absolute Gasteiger partial charge is 0.243 e. The lowest BCUT2D eigenvalue weighted by atomic mass is 10.1. The van der Waals surface area contributed by atoms with Gasteiger partial charge < -0.3 is 16.0 Å². The summed E-state index contributed by atoms with van der Waals surface area (Å²) in [6.45, 7) is 1.04. The molecule has 1 aliphatic heterocycles. The number of pyridine rings is 1. The van der Waals surface area contributed by atoms with Gasteiger partial charge in [0.2, 0.25) is 11.8 Å². The zero-order chi connectivity index (χ0) is 19.2. The first-order valence-corrected chi connectivity index (χ1v) is 9.36.